The summed E-state index contributed by atoms with van der Waals surface area (Å²) in [6.45, 7) is 2.08. The first-order valence-corrected chi connectivity index (χ1v) is 15.6. The number of nitrogens with zero attached hydrogens (tertiary/aromatic N) is 2. The highest BCUT2D eigenvalue weighted by atomic mass is 35.5. The van der Waals surface area contributed by atoms with Crippen LogP contribution in [0.4, 0.5) is 5.69 Å². The molecule has 0 unspecified atom stereocenters. The van der Waals surface area contributed by atoms with Crippen molar-refractivity contribution >= 4 is 52.2 Å². The Balaban J connectivity index is 1.45. The monoisotopic (exact) mass is 655 g/mol. The van der Waals surface area contributed by atoms with Crippen LogP contribution in [-0.2, 0) is 11.4 Å². The summed E-state index contributed by atoms with van der Waals surface area (Å²) in [5.41, 5.74) is 3.50. The number of hydrogen-bond donors (Lipinski definition) is 1. The maximum atomic E-state index is 14.2. The fourth-order valence-corrected chi connectivity index (χ4v) is 6.45. The van der Waals surface area contributed by atoms with Gasteiger partial charge in [0.2, 0.25) is 0 Å². The Morgan fingerprint density at radius 1 is 0.978 bits per heavy atom. The van der Waals surface area contributed by atoms with E-state index >= 15 is 0 Å². The number of para-hydroxylation sites is 1. The maximum absolute atomic E-state index is 14.2. The van der Waals surface area contributed by atoms with Crippen LogP contribution in [0, 0.1) is 0 Å². The number of halogens is 2. The van der Waals surface area contributed by atoms with E-state index in [1.807, 2.05) is 54.6 Å². The van der Waals surface area contributed by atoms with Crippen LogP contribution in [0.15, 0.2) is 118 Å². The number of amides is 1. The molecular weight excluding hydrogens is 629 g/mol. The highest BCUT2D eigenvalue weighted by molar-refractivity contribution is 7.07. The third-order valence-corrected chi connectivity index (χ3v) is 8.74. The van der Waals surface area contributed by atoms with E-state index in [0.29, 0.717) is 65.6 Å². The number of rotatable bonds is 8. The Kier molecular flexibility index (Phi) is 8.89. The van der Waals surface area contributed by atoms with E-state index in [2.05, 4.69) is 5.32 Å². The van der Waals surface area contributed by atoms with Gasteiger partial charge in [-0.1, -0.05) is 77.0 Å². The fraction of sp³-hybridized carbons (Fsp3) is 0.114. The summed E-state index contributed by atoms with van der Waals surface area (Å²) in [4.78, 5) is 33.2. The average molecular weight is 657 g/mol. The molecule has 10 heteroatoms. The number of nitrogens with one attached hydrogen (secondary N) is 1. The summed E-state index contributed by atoms with van der Waals surface area (Å²) in [7, 11) is 1.58. The van der Waals surface area contributed by atoms with E-state index in [9.17, 15) is 9.59 Å². The minimum absolute atomic E-state index is 0.298. The van der Waals surface area contributed by atoms with Gasteiger partial charge in [-0.3, -0.25) is 14.2 Å². The van der Waals surface area contributed by atoms with Gasteiger partial charge in [0.15, 0.2) is 4.80 Å². The predicted octanol–water partition coefficient (Wildman–Crippen LogP) is 6.77. The van der Waals surface area contributed by atoms with Crippen molar-refractivity contribution < 1.29 is 14.3 Å². The quantitative estimate of drug-likeness (QED) is 0.200. The van der Waals surface area contributed by atoms with E-state index in [1.165, 1.54) is 11.3 Å². The highest BCUT2D eigenvalue weighted by Gasteiger charge is 2.32. The topological polar surface area (TPSA) is 81.9 Å². The minimum Gasteiger partial charge on any atom is -0.497 e. The summed E-state index contributed by atoms with van der Waals surface area (Å²) in [5.74, 6) is 0.814. The van der Waals surface area contributed by atoms with Crippen LogP contribution in [0.3, 0.4) is 0 Å². The molecule has 0 saturated carbocycles. The largest absolute Gasteiger partial charge is 0.497 e. The molecule has 0 aliphatic carbocycles. The lowest BCUT2D eigenvalue weighted by Gasteiger charge is -2.25. The first-order chi connectivity index (χ1) is 21.8. The molecule has 1 aliphatic heterocycles. The van der Waals surface area contributed by atoms with E-state index < -0.39 is 6.04 Å². The van der Waals surface area contributed by atoms with E-state index in [0.717, 1.165) is 5.56 Å². The number of allylic oxidation sites excluding steroid dienone is 1. The Hall–Kier alpha value is -4.63. The normalized spacial score (nSPS) is 14.5. The SMILES string of the molecule is COc1cccc([C@@H]2C(C(=O)Nc3ccccc3)=C(C)N=c3s/c(=C\c4cc(Cl)ccc4OCc4ccc(Cl)cc4)c(=O)n32)c1. The average Bonchev–Trinajstić information content (AvgIpc) is 3.34. The van der Waals surface area contributed by atoms with Crippen molar-refractivity contribution in [2.24, 2.45) is 4.99 Å². The van der Waals surface area contributed by atoms with Crippen LogP contribution in [-0.4, -0.2) is 17.6 Å². The van der Waals surface area contributed by atoms with Gasteiger partial charge in [-0.05, 0) is 78.7 Å². The van der Waals surface area contributed by atoms with Crippen molar-refractivity contribution in [3.63, 3.8) is 0 Å². The zero-order valence-corrected chi connectivity index (χ0v) is 26.6. The second kappa shape index (κ2) is 13.2. The maximum Gasteiger partial charge on any atom is 0.271 e. The van der Waals surface area contributed by atoms with Crippen LogP contribution in [0.25, 0.3) is 6.08 Å². The zero-order valence-electron chi connectivity index (χ0n) is 24.3. The van der Waals surface area contributed by atoms with Crippen LogP contribution >= 0.6 is 34.5 Å². The third kappa shape index (κ3) is 6.59. The molecule has 2 heterocycles. The van der Waals surface area contributed by atoms with Crippen molar-refractivity contribution in [2.75, 3.05) is 12.4 Å². The first kappa shape index (κ1) is 30.4. The summed E-state index contributed by atoms with van der Waals surface area (Å²) in [6.07, 6.45) is 1.75. The van der Waals surface area contributed by atoms with Gasteiger partial charge in [-0.25, -0.2) is 4.99 Å². The summed E-state index contributed by atoms with van der Waals surface area (Å²) in [5, 5.41) is 4.11. The molecule has 1 N–H and O–H groups in total. The number of carbonyl (C=O) groups is 1. The molecule has 45 heavy (non-hydrogen) atoms. The second-order valence-corrected chi connectivity index (χ2v) is 12.2. The zero-order chi connectivity index (χ0) is 31.5. The molecule has 0 bridgehead atoms. The van der Waals surface area contributed by atoms with Crippen LogP contribution in [0.1, 0.15) is 29.7 Å². The molecule has 0 saturated heterocycles. The summed E-state index contributed by atoms with van der Waals surface area (Å²) >= 11 is 13.6. The lowest BCUT2D eigenvalue weighted by Crippen LogP contribution is -2.40. The number of anilines is 1. The van der Waals surface area contributed by atoms with Crippen molar-refractivity contribution in [2.45, 2.75) is 19.6 Å². The minimum atomic E-state index is -0.748. The molecule has 0 fully saturated rings. The Morgan fingerprint density at radius 2 is 1.73 bits per heavy atom. The number of fused-ring (bicyclic) bond motifs is 1. The van der Waals surface area contributed by atoms with Gasteiger partial charge < -0.3 is 14.8 Å². The van der Waals surface area contributed by atoms with Crippen molar-refractivity contribution in [3.8, 4) is 11.5 Å². The molecule has 0 radical (unpaired) electrons. The van der Waals surface area contributed by atoms with Gasteiger partial charge in [0.05, 0.1) is 29.0 Å². The van der Waals surface area contributed by atoms with Crippen LogP contribution in [0.2, 0.25) is 10.0 Å². The van der Waals surface area contributed by atoms with Gasteiger partial charge in [-0.2, -0.15) is 0 Å². The summed E-state index contributed by atoms with van der Waals surface area (Å²) in [6, 6.07) is 28.4. The molecule has 4 aromatic carbocycles. The van der Waals surface area contributed by atoms with Crippen molar-refractivity contribution in [3.05, 3.63) is 155 Å². The number of hydrogen-bond acceptors (Lipinski definition) is 6. The molecule has 6 rings (SSSR count). The van der Waals surface area contributed by atoms with Gasteiger partial charge in [-0.15, -0.1) is 0 Å². The third-order valence-electron chi connectivity index (χ3n) is 7.27. The number of aromatic nitrogens is 1. The molecule has 5 aromatic rings. The lowest BCUT2D eigenvalue weighted by molar-refractivity contribution is -0.113. The molecule has 1 aliphatic rings. The number of methoxy groups -OCH3 is 1. The standard InChI is InChI=1S/C35H27Cl2N3O4S/c1-21-31(33(41)39-27-8-4-3-5-9-27)32(23-7-6-10-28(18-23)43-2)40-34(42)30(45-35(40)38-21)19-24-17-26(37)15-16-29(24)44-20-22-11-13-25(36)14-12-22/h3-19,32H,20H2,1-2H3,(H,39,41)/b30-19-/t32-/m1/s1. The van der Waals surface area contributed by atoms with Gasteiger partial charge in [0.25, 0.3) is 11.5 Å². The van der Waals surface area contributed by atoms with E-state index in [4.69, 9.17) is 37.7 Å². The molecule has 1 atom stereocenters. The Bertz CT molecular complexity index is 2110. The first-order valence-electron chi connectivity index (χ1n) is 14.0. The van der Waals surface area contributed by atoms with Gasteiger partial charge in [0, 0.05) is 21.3 Å². The Morgan fingerprint density at radius 3 is 2.49 bits per heavy atom. The van der Waals surface area contributed by atoms with Crippen molar-refractivity contribution in [1.29, 1.82) is 0 Å². The Labute approximate surface area is 273 Å². The van der Waals surface area contributed by atoms with E-state index in [1.54, 1.807) is 67.1 Å². The molecule has 0 spiro atoms. The van der Waals surface area contributed by atoms with Gasteiger partial charge >= 0.3 is 0 Å². The molecule has 1 aromatic heterocycles. The number of benzene rings is 4. The van der Waals surface area contributed by atoms with Crippen LogP contribution in [0.5, 0.6) is 11.5 Å². The van der Waals surface area contributed by atoms with Crippen LogP contribution < -0.4 is 29.7 Å². The molecule has 1 amide bonds. The molecular formula is C35H27Cl2N3O4S. The van der Waals surface area contributed by atoms with E-state index in [-0.39, 0.29) is 11.5 Å². The molecule has 226 valence electrons. The molecule has 7 nitrogen and oxygen atoms in total. The van der Waals surface area contributed by atoms with Gasteiger partial charge in [0.1, 0.15) is 18.1 Å². The lowest BCUT2D eigenvalue weighted by atomic mass is 9.95. The number of carbonyl (C=O) groups excluding carboxylic acids is 1. The fourth-order valence-electron chi connectivity index (χ4n) is 5.11. The predicted molar refractivity (Wildman–Crippen MR) is 179 cm³/mol. The second-order valence-electron chi connectivity index (χ2n) is 10.3. The smallest absolute Gasteiger partial charge is 0.271 e. The number of thiazole rings is 1. The number of ether oxygens (including phenoxy) is 2. The highest BCUT2D eigenvalue weighted by Crippen LogP contribution is 2.32. The van der Waals surface area contributed by atoms with Crippen molar-refractivity contribution in [1.82, 2.24) is 4.57 Å². The summed E-state index contributed by atoms with van der Waals surface area (Å²) < 4.78 is 13.6.